The van der Waals surface area contributed by atoms with Crippen LogP contribution in [0.2, 0.25) is 0 Å². The predicted octanol–water partition coefficient (Wildman–Crippen LogP) is 3.73. The normalized spacial score (nSPS) is 17.5. The van der Waals surface area contributed by atoms with Gasteiger partial charge in [0.25, 0.3) is 0 Å². The van der Waals surface area contributed by atoms with Crippen LogP contribution in [0.15, 0.2) is 17.2 Å². The van der Waals surface area contributed by atoms with E-state index in [1.165, 1.54) is 12.8 Å². The summed E-state index contributed by atoms with van der Waals surface area (Å²) in [6.45, 7) is 11.9. The molecule has 3 rings (SSSR count). The van der Waals surface area contributed by atoms with Gasteiger partial charge in [0.2, 0.25) is 0 Å². The number of anilines is 1. The van der Waals surface area contributed by atoms with Crippen LogP contribution >= 0.6 is 11.8 Å². The van der Waals surface area contributed by atoms with Gasteiger partial charge in [0, 0.05) is 15.8 Å². The minimum atomic E-state index is 0.140. The van der Waals surface area contributed by atoms with Crippen molar-refractivity contribution in [2.75, 3.05) is 18.8 Å². The number of fused-ring (bicyclic) bond motifs is 1. The highest BCUT2D eigenvalue weighted by Gasteiger charge is 2.18. The van der Waals surface area contributed by atoms with Gasteiger partial charge in [-0.3, -0.25) is 4.90 Å². The summed E-state index contributed by atoms with van der Waals surface area (Å²) < 4.78 is 0.140. The van der Waals surface area contributed by atoms with Crippen molar-refractivity contribution in [1.29, 1.82) is 0 Å². The summed E-state index contributed by atoms with van der Waals surface area (Å²) in [7, 11) is 0. The zero-order chi connectivity index (χ0) is 17.3. The molecule has 6 heteroatoms. The molecule has 0 saturated carbocycles. The van der Waals surface area contributed by atoms with E-state index in [-0.39, 0.29) is 4.75 Å². The molecule has 2 aromatic heterocycles. The molecule has 0 atom stereocenters. The first kappa shape index (κ1) is 17.4. The van der Waals surface area contributed by atoms with Crippen molar-refractivity contribution in [2.24, 2.45) is 5.92 Å². The first-order chi connectivity index (χ1) is 11.3. The van der Waals surface area contributed by atoms with Gasteiger partial charge < -0.3 is 5.73 Å². The summed E-state index contributed by atoms with van der Waals surface area (Å²) in [4.78, 5) is 17.2. The van der Waals surface area contributed by atoms with Crippen LogP contribution in [0.3, 0.4) is 0 Å². The van der Waals surface area contributed by atoms with Crippen molar-refractivity contribution >= 4 is 28.6 Å². The van der Waals surface area contributed by atoms with Crippen molar-refractivity contribution < 1.29 is 0 Å². The quantitative estimate of drug-likeness (QED) is 0.855. The maximum Gasteiger partial charge on any atom is 0.153 e. The number of nitrogens with two attached hydrogens (primary N) is 1. The molecule has 0 aromatic carbocycles. The third kappa shape index (κ3) is 4.36. The van der Waals surface area contributed by atoms with Crippen molar-refractivity contribution in [3.8, 4) is 0 Å². The van der Waals surface area contributed by atoms with Crippen LogP contribution in [-0.4, -0.2) is 37.7 Å². The van der Waals surface area contributed by atoms with E-state index < -0.39 is 0 Å². The van der Waals surface area contributed by atoms with E-state index in [4.69, 9.17) is 10.7 Å². The lowest BCUT2D eigenvalue weighted by atomic mass is 9.99. The highest BCUT2D eigenvalue weighted by molar-refractivity contribution is 8.00. The molecule has 0 unspecified atom stereocenters. The zero-order valence-electron chi connectivity index (χ0n) is 15.0. The van der Waals surface area contributed by atoms with E-state index in [2.05, 4.69) is 48.6 Å². The van der Waals surface area contributed by atoms with Gasteiger partial charge in [0.05, 0.1) is 12.1 Å². The number of piperidine rings is 1. The minimum Gasteiger partial charge on any atom is -0.382 e. The predicted molar refractivity (Wildman–Crippen MR) is 101 cm³/mol. The lowest BCUT2D eigenvalue weighted by molar-refractivity contribution is 0.181. The van der Waals surface area contributed by atoms with Gasteiger partial charge in [-0.25, -0.2) is 15.0 Å². The van der Waals surface area contributed by atoms with Crippen LogP contribution in [0.5, 0.6) is 0 Å². The Bertz CT molecular complexity index is 717. The van der Waals surface area contributed by atoms with Gasteiger partial charge in [-0.2, -0.15) is 0 Å². The lowest BCUT2D eigenvalue weighted by Crippen LogP contribution is -2.33. The molecule has 24 heavy (non-hydrogen) atoms. The number of rotatable bonds is 3. The molecule has 0 aliphatic carbocycles. The Morgan fingerprint density at radius 1 is 1.25 bits per heavy atom. The topological polar surface area (TPSA) is 67.9 Å². The van der Waals surface area contributed by atoms with Crippen LogP contribution in [0.25, 0.3) is 11.0 Å². The first-order valence-corrected chi connectivity index (χ1v) is 9.45. The number of hydrogen-bond donors (Lipinski definition) is 1. The molecule has 1 aliphatic heterocycles. The van der Waals surface area contributed by atoms with Crippen LogP contribution in [0.4, 0.5) is 5.82 Å². The van der Waals surface area contributed by atoms with Gasteiger partial charge in [0.1, 0.15) is 11.3 Å². The second-order valence-electron chi connectivity index (χ2n) is 7.74. The number of thioether (sulfide) groups is 1. The highest BCUT2D eigenvalue weighted by atomic mass is 32.2. The number of nitrogens with zero attached hydrogens (tertiary/aromatic N) is 4. The Kier molecular flexibility index (Phi) is 4.97. The molecule has 0 amide bonds. The number of pyridine rings is 1. The molecule has 1 saturated heterocycles. The third-order valence-corrected chi connectivity index (χ3v) is 5.32. The van der Waals surface area contributed by atoms with E-state index in [0.29, 0.717) is 11.3 Å². The fraction of sp³-hybridized carbons (Fsp3) is 0.611. The van der Waals surface area contributed by atoms with Crippen LogP contribution in [0.1, 0.15) is 46.4 Å². The fourth-order valence-electron chi connectivity index (χ4n) is 2.97. The molecular weight excluding hydrogens is 318 g/mol. The van der Waals surface area contributed by atoms with E-state index in [1.807, 2.05) is 6.20 Å². The molecule has 0 spiro atoms. The Balaban J connectivity index is 1.84. The maximum atomic E-state index is 6.12. The minimum absolute atomic E-state index is 0.140. The SMILES string of the molecule is CC1CCN(Cc2nc(N)c3ncc(SC(C)(C)C)cc3n2)CC1. The average Bonchev–Trinajstić information content (AvgIpc) is 2.47. The maximum absolute atomic E-state index is 6.12. The fourth-order valence-corrected chi connectivity index (χ4v) is 3.96. The molecule has 1 fully saturated rings. The Hall–Kier alpha value is -1.40. The number of aromatic nitrogens is 3. The van der Waals surface area contributed by atoms with E-state index in [0.717, 1.165) is 41.8 Å². The van der Waals surface area contributed by atoms with Gasteiger partial charge in [-0.1, -0.05) is 27.7 Å². The summed E-state index contributed by atoms with van der Waals surface area (Å²) in [6, 6.07) is 2.08. The molecule has 1 aliphatic rings. The summed E-state index contributed by atoms with van der Waals surface area (Å²) in [5.41, 5.74) is 7.67. The smallest absolute Gasteiger partial charge is 0.153 e. The molecule has 0 bridgehead atoms. The van der Waals surface area contributed by atoms with Crippen LogP contribution < -0.4 is 5.73 Å². The van der Waals surface area contributed by atoms with Crippen molar-refractivity contribution in [3.63, 3.8) is 0 Å². The summed E-state index contributed by atoms with van der Waals surface area (Å²) in [6.07, 6.45) is 4.36. The van der Waals surface area contributed by atoms with E-state index in [9.17, 15) is 0 Å². The van der Waals surface area contributed by atoms with Crippen LogP contribution in [0, 0.1) is 5.92 Å². The highest BCUT2D eigenvalue weighted by Crippen LogP contribution is 2.33. The third-order valence-electron chi connectivity index (χ3n) is 4.25. The monoisotopic (exact) mass is 345 g/mol. The van der Waals surface area contributed by atoms with Crippen molar-refractivity contribution in [3.05, 3.63) is 18.1 Å². The Morgan fingerprint density at radius 2 is 1.96 bits per heavy atom. The molecule has 2 aromatic rings. The van der Waals surface area contributed by atoms with Crippen molar-refractivity contribution in [1.82, 2.24) is 19.9 Å². The summed E-state index contributed by atoms with van der Waals surface area (Å²) >= 11 is 1.79. The standard InChI is InChI=1S/C18H27N5S/c1-12-5-7-23(8-6-12)11-15-21-14-9-13(24-18(2,3)4)10-20-16(14)17(19)22-15/h9-10,12H,5-8,11H2,1-4H3,(H2,19,21,22). The zero-order valence-corrected chi connectivity index (χ0v) is 15.9. The average molecular weight is 346 g/mol. The van der Waals surface area contributed by atoms with Gasteiger partial charge in [0.15, 0.2) is 5.82 Å². The summed E-state index contributed by atoms with van der Waals surface area (Å²) in [5, 5.41) is 0. The van der Waals surface area contributed by atoms with Gasteiger partial charge in [-0.05, 0) is 37.9 Å². The first-order valence-electron chi connectivity index (χ1n) is 8.64. The van der Waals surface area contributed by atoms with Gasteiger partial charge in [-0.15, -0.1) is 11.8 Å². The second kappa shape index (κ2) is 6.84. The second-order valence-corrected chi connectivity index (χ2v) is 9.64. The van der Waals surface area contributed by atoms with E-state index in [1.54, 1.807) is 11.8 Å². The molecule has 0 radical (unpaired) electrons. The Morgan fingerprint density at radius 3 is 2.62 bits per heavy atom. The van der Waals surface area contributed by atoms with Gasteiger partial charge >= 0.3 is 0 Å². The molecule has 5 nitrogen and oxygen atoms in total. The van der Waals surface area contributed by atoms with Crippen molar-refractivity contribution in [2.45, 2.75) is 56.7 Å². The number of hydrogen-bond acceptors (Lipinski definition) is 6. The number of nitrogen functional groups attached to an aromatic ring is 1. The molecule has 2 N–H and O–H groups in total. The summed E-state index contributed by atoms with van der Waals surface area (Å²) in [5.74, 6) is 2.10. The molecular formula is C18H27N5S. The largest absolute Gasteiger partial charge is 0.382 e. The molecule has 3 heterocycles. The Labute approximate surface area is 148 Å². The lowest BCUT2D eigenvalue weighted by Gasteiger charge is -2.29. The van der Waals surface area contributed by atoms with E-state index >= 15 is 0 Å². The molecule has 130 valence electrons. The van der Waals surface area contributed by atoms with Crippen LogP contribution in [-0.2, 0) is 6.54 Å². The number of likely N-dealkylation sites (tertiary alicyclic amines) is 1.